The van der Waals surface area contributed by atoms with E-state index in [1.165, 1.54) is 42.5 Å². The first-order chi connectivity index (χ1) is 21.8. The molecule has 234 valence electrons. The first-order valence-corrected chi connectivity index (χ1v) is 13.5. The van der Waals surface area contributed by atoms with E-state index in [2.05, 4.69) is 0 Å². The van der Waals surface area contributed by atoms with Crippen LogP contribution in [0.25, 0.3) is 39.1 Å². The second kappa shape index (κ2) is 12.2. The minimum absolute atomic E-state index is 0.0290. The van der Waals surface area contributed by atoms with Crippen LogP contribution in [0.3, 0.4) is 0 Å². The summed E-state index contributed by atoms with van der Waals surface area (Å²) in [7, 11) is 0. The quantitative estimate of drug-likeness (QED) is 0.0625. The van der Waals surface area contributed by atoms with E-state index in [-0.39, 0.29) is 22.3 Å². The Morgan fingerprint density at radius 2 is 1.26 bits per heavy atom. The summed E-state index contributed by atoms with van der Waals surface area (Å²) >= 11 is 0. The average molecular weight is 627 g/mol. The van der Waals surface area contributed by atoms with Gasteiger partial charge in [0.05, 0.1) is 0 Å². The summed E-state index contributed by atoms with van der Waals surface area (Å²) < 4.78 is 5.07. The van der Waals surface area contributed by atoms with Crippen molar-refractivity contribution in [3.63, 3.8) is 0 Å². The monoisotopic (exact) mass is 626 g/mol. The van der Waals surface area contributed by atoms with Crippen LogP contribution in [0.5, 0.6) is 46.0 Å². The van der Waals surface area contributed by atoms with E-state index in [1.807, 2.05) is 0 Å². The van der Waals surface area contributed by atoms with Crippen LogP contribution in [0.15, 0.2) is 78.9 Å². The van der Waals surface area contributed by atoms with Crippen molar-refractivity contribution in [1.82, 2.24) is 0 Å². The number of aliphatic carboxylic acids is 1. The Kier molecular flexibility index (Phi) is 8.20. The lowest BCUT2D eigenvalue weighted by atomic mass is 9.91. The van der Waals surface area contributed by atoms with Crippen LogP contribution in [0, 0.1) is 0 Å². The number of carboxylic acids is 1. The van der Waals surface area contributed by atoms with Crippen LogP contribution < -0.4 is 0 Å². The van der Waals surface area contributed by atoms with Crippen LogP contribution in [-0.4, -0.2) is 64.0 Å². The summed E-state index contributed by atoms with van der Waals surface area (Å²) in [5, 5.41) is 90.5. The lowest BCUT2D eigenvalue weighted by Gasteiger charge is -2.15. The van der Waals surface area contributed by atoms with Crippen LogP contribution in [0.1, 0.15) is 11.1 Å². The Bertz CT molecular complexity index is 2020. The zero-order valence-electron chi connectivity index (χ0n) is 23.6. The number of fused-ring (bicyclic) bond motifs is 1. The van der Waals surface area contributed by atoms with Crippen molar-refractivity contribution in [2.24, 2.45) is 0 Å². The normalized spacial score (nSPS) is 11.9. The van der Waals surface area contributed by atoms with Gasteiger partial charge in [-0.2, -0.15) is 0 Å². The largest absolute Gasteiger partial charge is 0.508 e. The zero-order valence-corrected chi connectivity index (χ0v) is 23.6. The molecule has 9 N–H and O–H groups in total. The number of carboxylic acid groups (broad SMARTS) is 1. The number of aromatic hydroxyl groups is 8. The number of ether oxygens (including phenoxy) is 1. The van der Waals surface area contributed by atoms with E-state index in [0.717, 1.165) is 18.2 Å². The maximum Gasteiger partial charge on any atom is 0.345 e. The smallest absolute Gasteiger partial charge is 0.345 e. The van der Waals surface area contributed by atoms with Crippen LogP contribution in [-0.2, 0) is 20.7 Å². The van der Waals surface area contributed by atoms with Crippen molar-refractivity contribution in [2.75, 3.05) is 0 Å². The molecule has 5 aromatic carbocycles. The maximum absolute atomic E-state index is 12.7. The molecule has 5 rings (SSSR count). The Balaban J connectivity index is 1.51. The van der Waals surface area contributed by atoms with E-state index in [1.54, 1.807) is 24.3 Å². The highest BCUT2D eigenvalue weighted by Gasteiger charge is 2.23. The Morgan fingerprint density at radius 1 is 0.652 bits per heavy atom. The Hall–Kier alpha value is -6.56. The molecule has 12 nitrogen and oxygen atoms in total. The molecular weight excluding hydrogens is 600 g/mol. The summed E-state index contributed by atoms with van der Waals surface area (Å²) in [5.74, 6) is -6.59. The number of esters is 1. The highest BCUT2D eigenvalue weighted by atomic mass is 16.6. The van der Waals surface area contributed by atoms with Gasteiger partial charge in [0.2, 0.25) is 6.10 Å². The zero-order chi connectivity index (χ0) is 33.3. The van der Waals surface area contributed by atoms with E-state index >= 15 is 0 Å². The van der Waals surface area contributed by atoms with Crippen molar-refractivity contribution in [2.45, 2.75) is 12.5 Å². The van der Waals surface area contributed by atoms with Gasteiger partial charge in [0, 0.05) is 17.9 Å². The van der Waals surface area contributed by atoms with Crippen molar-refractivity contribution >= 4 is 28.8 Å². The van der Waals surface area contributed by atoms with Crippen molar-refractivity contribution < 1.29 is 60.3 Å². The van der Waals surface area contributed by atoms with Crippen LogP contribution in [0.4, 0.5) is 0 Å². The minimum atomic E-state index is -1.74. The highest BCUT2D eigenvalue weighted by molar-refractivity contribution is 6.02. The average Bonchev–Trinajstić information content (AvgIpc) is 3.01. The van der Waals surface area contributed by atoms with Gasteiger partial charge in [0.25, 0.3) is 0 Å². The number of carbonyl (C=O) groups excluding carboxylic acids is 1. The summed E-state index contributed by atoms with van der Waals surface area (Å²) in [6.45, 7) is 0. The second-order valence-corrected chi connectivity index (χ2v) is 10.3. The fourth-order valence-corrected chi connectivity index (χ4v) is 4.96. The Morgan fingerprint density at radius 3 is 1.87 bits per heavy atom. The Labute approximate surface area is 259 Å². The summed E-state index contributed by atoms with van der Waals surface area (Å²) in [6.07, 6.45) is -0.0572. The lowest BCUT2D eigenvalue weighted by molar-refractivity contribution is -0.160. The standard InChI is InChI=1S/C34H26O12/c35-20-3-1-2-17(11-20)23-14-25(36)26(37)15-24(23)18-4-6-21-22(12-18)19(13-29(40)32(21)42)5-7-31(41)46-30(34(44)45)10-16-8-27(38)33(43)28(39)9-16/h1-9,11-15,30,35-40,42-43H,10H2,(H,44,45)/b7-5+/t30-/m1/s1. The molecule has 0 saturated carbocycles. The molecule has 5 aromatic rings. The minimum Gasteiger partial charge on any atom is -0.508 e. The molecule has 12 heteroatoms. The number of phenols is 8. The van der Waals surface area contributed by atoms with E-state index in [4.69, 9.17) is 4.74 Å². The number of hydrogen-bond acceptors (Lipinski definition) is 11. The second-order valence-electron chi connectivity index (χ2n) is 10.3. The van der Waals surface area contributed by atoms with Gasteiger partial charge in [-0.05, 0) is 99.4 Å². The number of carbonyl (C=O) groups is 2. The molecule has 0 radical (unpaired) electrons. The molecule has 0 heterocycles. The molecule has 0 unspecified atom stereocenters. The number of hydrogen-bond donors (Lipinski definition) is 9. The molecular formula is C34H26O12. The van der Waals surface area contributed by atoms with E-state index in [9.17, 15) is 55.5 Å². The molecule has 0 amide bonds. The van der Waals surface area contributed by atoms with Crippen LogP contribution in [0.2, 0.25) is 0 Å². The predicted octanol–water partition coefficient (Wildman–Crippen LogP) is 5.07. The van der Waals surface area contributed by atoms with Gasteiger partial charge in [-0.1, -0.05) is 18.2 Å². The first kappa shape index (κ1) is 30.9. The molecule has 0 saturated heterocycles. The maximum atomic E-state index is 12.7. The lowest BCUT2D eigenvalue weighted by Crippen LogP contribution is -2.28. The highest BCUT2D eigenvalue weighted by Crippen LogP contribution is 2.44. The number of rotatable bonds is 8. The third-order valence-electron chi connectivity index (χ3n) is 7.19. The summed E-state index contributed by atoms with van der Waals surface area (Å²) in [5.41, 5.74) is 2.16. The van der Waals surface area contributed by atoms with Gasteiger partial charge in [0.1, 0.15) is 5.75 Å². The first-order valence-electron chi connectivity index (χ1n) is 13.5. The molecule has 0 aliphatic carbocycles. The molecule has 0 fully saturated rings. The van der Waals surface area contributed by atoms with Crippen molar-refractivity contribution in [1.29, 1.82) is 0 Å². The SMILES string of the molecule is O=C(/C=C/c1cc(O)c(O)c2ccc(-c3cc(O)c(O)cc3-c3cccc(O)c3)cc12)O[C@H](Cc1cc(O)c(O)c(O)c1)C(=O)O. The number of benzene rings is 5. The fraction of sp³-hybridized carbons (Fsp3) is 0.0588. The molecule has 0 aliphatic rings. The molecule has 0 aromatic heterocycles. The van der Waals surface area contributed by atoms with Gasteiger partial charge in [-0.3, -0.25) is 0 Å². The molecule has 1 atom stereocenters. The topological polar surface area (TPSA) is 225 Å². The van der Waals surface area contributed by atoms with E-state index in [0.29, 0.717) is 27.6 Å². The molecule has 46 heavy (non-hydrogen) atoms. The molecule has 0 aliphatic heterocycles. The van der Waals surface area contributed by atoms with Gasteiger partial charge in [-0.25, -0.2) is 9.59 Å². The van der Waals surface area contributed by atoms with Gasteiger partial charge >= 0.3 is 11.9 Å². The molecule has 0 spiro atoms. The van der Waals surface area contributed by atoms with E-state index < -0.39 is 64.7 Å². The van der Waals surface area contributed by atoms with Gasteiger partial charge in [-0.15, -0.1) is 0 Å². The van der Waals surface area contributed by atoms with Crippen molar-refractivity contribution in [3.05, 3.63) is 90.0 Å². The summed E-state index contributed by atoms with van der Waals surface area (Å²) in [4.78, 5) is 24.5. The number of phenolic OH excluding ortho intramolecular Hbond substituents is 8. The van der Waals surface area contributed by atoms with Crippen molar-refractivity contribution in [3.8, 4) is 68.2 Å². The fourth-order valence-electron chi connectivity index (χ4n) is 4.96. The summed E-state index contributed by atoms with van der Waals surface area (Å²) in [6, 6.07) is 16.8. The van der Waals surface area contributed by atoms with Gasteiger partial charge in [0.15, 0.2) is 40.2 Å². The third-order valence-corrected chi connectivity index (χ3v) is 7.19. The third kappa shape index (κ3) is 6.21. The van der Waals surface area contributed by atoms with Crippen LogP contribution >= 0.6 is 0 Å². The molecule has 0 bridgehead atoms. The predicted molar refractivity (Wildman–Crippen MR) is 165 cm³/mol. The van der Waals surface area contributed by atoms with Gasteiger partial charge < -0.3 is 50.7 Å².